The molecule has 2 aromatic heterocycles. The van der Waals surface area contributed by atoms with Crippen LogP contribution in [0.25, 0.3) is 11.1 Å². The highest BCUT2D eigenvalue weighted by Crippen LogP contribution is 2.34. The molecular weight excluding hydrogens is 336 g/mol. The molecule has 0 radical (unpaired) electrons. The third-order valence-corrected chi connectivity index (χ3v) is 4.50. The first-order chi connectivity index (χ1) is 11.9. The maximum absolute atomic E-state index is 8.98. The molecule has 0 saturated heterocycles. The van der Waals surface area contributed by atoms with Crippen molar-refractivity contribution >= 4 is 23.0 Å². The summed E-state index contributed by atoms with van der Waals surface area (Å²) in [6.45, 7) is 5.88. The lowest BCUT2D eigenvalue weighted by molar-refractivity contribution is 0.393. The zero-order valence-electron chi connectivity index (χ0n) is 14.5. The van der Waals surface area contributed by atoms with Crippen molar-refractivity contribution in [3.05, 3.63) is 58.2 Å². The summed E-state index contributed by atoms with van der Waals surface area (Å²) in [5, 5.41) is 13.3. The van der Waals surface area contributed by atoms with E-state index in [-0.39, 0.29) is 5.69 Å². The van der Waals surface area contributed by atoms with Crippen molar-refractivity contribution in [3.8, 4) is 17.2 Å². The third-order valence-electron chi connectivity index (χ3n) is 4.21. The fraction of sp³-hybridized carbons (Fsp3) is 0.211. The number of rotatable bonds is 3. The summed E-state index contributed by atoms with van der Waals surface area (Å²) in [7, 11) is 1.94. The van der Waals surface area contributed by atoms with Crippen LogP contribution in [-0.2, 0) is 0 Å². The van der Waals surface area contributed by atoms with Crippen LogP contribution in [0.4, 0.5) is 11.4 Å². The Hall–Kier alpha value is -2.84. The van der Waals surface area contributed by atoms with E-state index in [1.165, 1.54) is 0 Å². The lowest BCUT2D eigenvalue weighted by Gasteiger charge is -2.22. The van der Waals surface area contributed by atoms with Crippen molar-refractivity contribution in [1.82, 2.24) is 10.1 Å². The minimum Gasteiger partial charge on any atom is -0.361 e. The second-order valence-corrected chi connectivity index (χ2v) is 6.30. The molecule has 0 aliphatic carbocycles. The number of aromatic nitrogens is 2. The van der Waals surface area contributed by atoms with Gasteiger partial charge in [-0.25, -0.2) is 4.98 Å². The Kier molecular flexibility index (Phi) is 4.47. The largest absolute Gasteiger partial charge is 0.361 e. The number of halogens is 1. The minimum absolute atomic E-state index is 0.222. The molecule has 0 N–H and O–H groups in total. The Morgan fingerprint density at radius 1 is 1.20 bits per heavy atom. The summed E-state index contributed by atoms with van der Waals surface area (Å²) in [5.41, 5.74) is 6.06. The summed E-state index contributed by atoms with van der Waals surface area (Å²) in [4.78, 5) is 6.11. The second-order valence-electron chi connectivity index (χ2n) is 5.90. The van der Waals surface area contributed by atoms with Crippen LogP contribution in [0.2, 0.25) is 5.02 Å². The molecule has 126 valence electrons. The normalized spacial score (nSPS) is 10.6. The van der Waals surface area contributed by atoms with Crippen LogP contribution in [-0.4, -0.2) is 17.2 Å². The highest BCUT2D eigenvalue weighted by atomic mass is 35.5. The Bertz CT molecular complexity index is 968. The van der Waals surface area contributed by atoms with E-state index in [9.17, 15) is 0 Å². The summed E-state index contributed by atoms with van der Waals surface area (Å²) < 4.78 is 5.28. The molecule has 0 amide bonds. The first-order valence-corrected chi connectivity index (χ1v) is 8.13. The van der Waals surface area contributed by atoms with Gasteiger partial charge in [-0.1, -0.05) is 28.9 Å². The smallest absolute Gasteiger partial charge is 0.159 e. The molecule has 0 bridgehead atoms. The van der Waals surface area contributed by atoms with Gasteiger partial charge in [0.25, 0.3) is 0 Å². The summed E-state index contributed by atoms with van der Waals surface area (Å²) >= 11 is 6.12. The number of hydrogen-bond acceptors (Lipinski definition) is 5. The van der Waals surface area contributed by atoms with E-state index in [2.05, 4.69) is 28.3 Å². The highest BCUT2D eigenvalue weighted by Gasteiger charge is 2.15. The molecule has 3 rings (SSSR count). The van der Waals surface area contributed by atoms with Crippen molar-refractivity contribution in [2.45, 2.75) is 20.8 Å². The molecule has 0 spiro atoms. The number of pyridine rings is 1. The quantitative estimate of drug-likeness (QED) is 0.666. The molecule has 0 aliphatic rings. The number of hydrogen-bond donors (Lipinski definition) is 0. The SMILES string of the molecule is Cc1ccc(-c2c(C)noc2C)cc1N(C)c1cnc(C#N)c(Cl)c1. The first-order valence-electron chi connectivity index (χ1n) is 7.75. The monoisotopic (exact) mass is 352 g/mol. The van der Waals surface area contributed by atoms with Crippen LogP contribution in [0.1, 0.15) is 22.7 Å². The maximum Gasteiger partial charge on any atom is 0.159 e. The predicted molar refractivity (Wildman–Crippen MR) is 98.2 cm³/mol. The number of anilines is 2. The number of nitrogens with zero attached hydrogens (tertiary/aromatic N) is 4. The Balaban J connectivity index is 2.06. The molecule has 0 unspecified atom stereocenters. The van der Waals surface area contributed by atoms with E-state index in [4.69, 9.17) is 21.4 Å². The van der Waals surface area contributed by atoms with Gasteiger partial charge in [0.1, 0.15) is 11.8 Å². The van der Waals surface area contributed by atoms with Gasteiger partial charge in [0.2, 0.25) is 0 Å². The van der Waals surface area contributed by atoms with Crippen molar-refractivity contribution in [2.24, 2.45) is 0 Å². The fourth-order valence-corrected chi connectivity index (χ4v) is 3.06. The molecule has 0 aliphatic heterocycles. The van der Waals surface area contributed by atoms with Gasteiger partial charge in [0.05, 0.1) is 22.6 Å². The van der Waals surface area contributed by atoms with Gasteiger partial charge in [-0.15, -0.1) is 0 Å². The fourth-order valence-electron chi connectivity index (χ4n) is 2.85. The van der Waals surface area contributed by atoms with E-state index >= 15 is 0 Å². The molecule has 0 fully saturated rings. The van der Waals surface area contributed by atoms with Gasteiger partial charge in [-0.3, -0.25) is 0 Å². The van der Waals surface area contributed by atoms with Gasteiger partial charge in [0, 0.05) is 18.3 Å². The predicted octanol–water partition coefficient (Wildman–Crippen LogP) is 4.95. The molecule has 0 saturated carbocycles. The van der Waals surface area contributed by atoms with E-state index in [0.717, 1.165) is 39.5 Å². The van der Waals surface area contributed by atoms with Gasteiger partial charge < -0.3 is 9.42 Å². The van der Waals surface area contributed by atoms with Crippen LogP contribution < -0.4 is 4.90 Å². The Morgan fingerprint density at radius 2 is 1.96 bits per heavy atom. The van der Waals surface area contributed by atoms with Gasteiger partial charge >= 0.3 is 0 Å². The van der Waals surface area contributed by atoms with Crippen LogP contribution in [0.15, 0.2) is 35.0 Å². The average Bonchev–Trinajstić information content (AvgIpc) is 2.93. The lowest BCUT2D eigenvalue weighted by Crippen LogP contribution is -2.11. The molecule has 5 nitrogen and oxygen atoms in total. The van der Waals surface area contributed by atoms with Crippen molar-refractivity contribution in [1.29, 1.82) is 5.26 Å². The molecule has 6 heteroatoms. The van der Waals surface area contributed by atoms with Crippen LogP contribution in [0.3, 0.4) is 0 Å². The molecule has 1 aromatic carbocycles. The van der Waals surface area contributed by atoms with E-state index in [1.807, 2.05) is 38.8 Å². The third kappa shape index (κ3) is 3.09. The minimum atomic E-state index is 0.222. The van der Waals surface area contributed by atoms with E-state index in [1.54, 1.807) is 12.3 Å². The Morgan fingerprint density at radius 3 is 2.56 bits per heavy atom. The second kappa shape index (κ2) is 6.58. The van der Waals surface area contributed by atoms with Gasteiger partial charge in [-0.2, -0.15) is 5.26 Å². The molecule has 2 heterocycles. The van der Waals surface area contributed by atoms with Crippen molar-refractivity contribution in [3.63, 3.8) is 0 Å². The highest BCUT2D eigenvalue weighted by molar-refractivity contribution is 6.31. The zero-order valence-corrected chi connectivity index (χ0v) is 15.2. The van der Waals surface area contributed by atoms with E-state index < -0.39 is 0 Å². The average molecular weight is 353 g/mol. The topological polar surface area (TPSA) is 66.0 Å². The molecule has 0 atom stereocenters. The van der Waals surface area contributed by atoms with Crippen LogP contribution in [0.5, 0.6) is 0 Å². The summed E-state index contributed by atoms with van der Waals surface area (Å²) in [6, 6.07) is 9.93. The number of aryl methyl sites for hydroxylation is 3. The van der Waals surface area contributed by atoms with Crippen molar-refractivity contribution < 1.29 is 4.52 Å². The summed E-state index contributed by atoms with van der Waals surface area (Å²) in [6.07, 6.45) is 1.65. The van der Waals surface area contributed by atoms with E-state index in [0.29, 0.717) is 5.02 Å². The number of nitriles is 1. The standard InChI is InChI=1S/C19H17ClN4O/c1-11-5-6-14(19-12(2)23-25-13(19)3)7-18(11)24(4)15-8-16(20)17(9-21)22-10-15/h5-8,10H,1-4H3. The van der Waals surface area contributed by atoms with Crippen LogP contribution in [0, 0.1) is 32.1 Å². The summed E-state index contributed by atoms with van der Waals surface area (Å²) in [5.74, 6) is 0.790. The van der Waals surface area contributed by atoms with Gasteiger partial charge in [-0.05, 0) is 44.0 Å². The number of benzene rings is 1. The first kappa shape index (κ1) is 17.0. The Labute approximate surface area is 151 Å². The lowest BCUT2D eigenvalue weighted by atomic mass is 10.0. The van der Waals surface area contributed by atoms with Gasteiger partial charge in [0.15, 0.2) is 5.69 Å². The maximum atomic E-state index is 8.98. The molecular formula is C19H17ClN4O. The van der Waals surface area contributed by atoms with Crippen molar-refractivity contribution in [2.75, 3.05) is 11.9 Å². The molecule has 3 aromatic rings. The van der Waals surface area contributed by atoms with Crippen LogP contribution >= 0.6 is 11.6 Å². The molecule has 25 heavy (non-hydrogen) atoms. The zero-order chi connectivity index (χ0) is 18.1.